The number of rotatable bonds is 5. The van der Waals surface area contributed by atoms with E-state index >= 15 is 0 Å². The highest BCUT2D eigenvalue weighted by Gasteiger charge is 2.21. The lowest BCUT2D eigenvalue weighted by Crippen LogP contribution is -2.41. The first-order valence-corrected chi connectivity index (χ1v) is 8.21. The lowest BCUT2D eigenvalue weighted by Gasteiger charge is -2.34. The van der Waals surface area contributed by atoms with Crippen LogP contribution in [0.3, 0.4) is 0 Å². The van der Waals surface area contributed by atoms with Crippen LogP contribution >= 0.6 is 0 Å². The van der Waals surface area contributed by atoms with E-state index in [4.69, 9.17) is 0 Å². The molecule has 1 N–H and O–H groups in total. The van der Waals surface area contributed by atoms with Crippen LogP contribution in [0.15, 0.2) is 0 Å². The summed E-state index contributed by atoms with van der Waals surface area (Å²) in [5, 5.41) is 3.76. The van der Waals surface area contributed by atoms with Crippen LogP contribution in [-0.2, 0) is 0 Å². The van der Waals surface area contributed by atoms with E-state index in [1.807, 2.05) is 0 Å². The van der Waals surface area contributed by atoms with Gasteiger partial charge >= 0.3 is 0 Å². The number of hydrogen-bond acceptors (Lipinski definition) is 2. The molecule has 0 spiro atoms. The molecule has 2 heteroatoms. The molecule has 2 nitrogen and oxygen atoms in total. The van der Waals surface area contributed by atoms with Crippen molar-refractivity contribution in [3.05, 3.63) is 0 Å². The third-order valence-corrected chi connectivity index (χ3v) is 5.04. The minimum Gasteiger partial charge on any atom is -0.313 e. The summed E-state index contributed by atoms with van der Waals surface area (Å²) in [5.74, 6) is 1.86. The predicted molar refractivity (Wildman–Crippen MR) is 78.9 cm³/mol. The van der Waals surface area contributed by atoms with Crippen molar-refractivity contribution >= 4 is 0 Å². The highest BCUT2D eigenvalue weighted by molar-refractivity contribution is 4.76. The molecule has 0 amide bonds. The van der Waals surface area contributed by atoms with Gasteiger partial charge in [-0.25, -0.2) is 0 Å². The van der Waals surface area contributed by atoms with Gasteiger partial charge in [-0.2, -0.15) is 0 Å². The van der Waals surface area contributed by atoms with E-state index in [1.54, 1.807) is 0 Å². The molecule has 0 atom stereocenters. The maximum absolute atomic E-state index is 3.76. The van der Waals surface area contributed by atoms with Crippen LogP contribution in [0.2, 0.25) is 0 Å². The SMILES string of the molecule is CC(C)C1CCN(CCNC2CCCCC2)CC1. The summed E-state index contributed by atoms with van der Waals surface area (Å²) in [7, 11) is 0. The molecule has 2 rings (SSSR count). The maximum Gasteiger partial charge on any atom is 0.0107 e. The van der Waals surface area contributed by atoms with E-state index in [2.05, 4.69) is 24.1 Å². The fourth-order valence-electron chi connectivity index (χ4n) is 3.58. The zero-order valence-corrected chi connectivity index (χ0v) is 12.5. The second-order valence-electron chi connectivity index (χ2n) is 6.71. The van der Waals surface area contributed by atoms with Gasteiger partial charge in [0.25, 0.3) is 0 Å². The Morgan fingerprint density at radius 1 is 1.00 bits per heavy atom. The third-order valence-electron chi connectivity index (χ3n) is 5.04. The highest BCUT2D eigenvalue weighted by Crippen LogP contribution is 2.24. The summed E-state index contributed by atoms with van der Waals surface area (Å²) in [6.07, 6.45) is 10.0. The van der Waals surface area contributed by atoms with Crippen LogP contribution in [0.25, 0.3) is 0 Å². The van der Waals surface area contributed by atoms with Crippen molar-refractivity contribution < 1.29 is 0 Å². The lowest BCUT2D eigenvalue weighted by molar-refractivity contribution is 0.156. The smallest absolute Gasteiger partial charge is 0.0107 e. The maximum atomic E-state index is 3.76. The van der Waals surface area contributed by atoms with Gasteiger partial charge in [0, 0.05) is 19.1 Å². The number of nitrogens with zero attached hydrogens (tertiary/aromatic N) is 1. The predicted octanol–water partition coefficient (Wildman–Crippen LogP) is 3.28. The van der Waals surface area contributed by atoms with Gasteiger partial charge in [-0.3, -0.25) is 0 Å². The molecule has 0 aromatic carbocycles. The largest absolute Gasteiger partial charge is 0.313 e. The number of piperidine rings is 1. The standard InChI is InChI=1S/C16H32N2/c1-14(2)15-8-11-18(12-9-15)13-10-17-16-6-4-3-5-7-16/h14-17H,3-13H2,1-2H3. The molecule has 1 heterocycles. The van der Waals surface area contributed by atoms with Crippen LogP contribution < -0.4 is 5.32 Å². The molecule has 1 aliphatic heterocycles. The molecule has 1 aliphatic carbocycles. The summed E-state index contributed by atoms with van der Waals surface area (Å²) < 4.78 is 0. The first kappa shape index (κ1) is 14.3. The Kier molecular flexibility index (Phi) is 5.97. The van der Waals surface area contributed by atoms with Gasteiger partial charge in [-0.15, -0.1) is 0 Å². The summed E-state index contributed by atoms with van der Waals surface area (Å²) in [6.45, 7) is 9.89. The molecule has 1 saturated heterocycles. The third kappa shape index (κ3) is 4.55. The van der Waals surface area contributed by atoms with Gasteiger partial charge in [-0.05, 0) is 50.6 Å². The van der Waals surface area contributed by atoms with Crippen molar-refractivity contribution in [1.29, 1.82) is 0 Å². The van der Waals surface area contributed by atoms with Crippen LogP contribution in [0.5, 0.6) is 0 Å². The topological polar surface area (TPSA) is 15.3 Å². The van der Waals surface area contributed by atoms with Crippen LogP contribution in [-0.4, -0.2) is 37.1 Å². The molecular weight excluding hydrogens is 220 g/mol. The monoisotopic (exact) mass is 252 g/mol. The van der Waals surface area contributed by atoms with Crippen LogP contribution in [0.4, 0.5) is 0 Å². The summed E-state index contributed by atoms with van der Waals surface area (Å²) in [4.78, 5) is 2.66. The number of hydrogen-bond donors (Lipinski definition) is 1. The Morgan fingerprint density at radius 3 is 2.28 bits per heavy atom. The van der Waals surface area contributed by atoms with Crippen molar-refractivity contribution in [2.24, 2.45) is 11.8 Å². The zero-order valence-electron chi connectivity index (χ0n) is 12.5. The first-order valence-electron chi connectivity index (χ1n) is 8.21. The van der Waals surface area contributed by atoms with Crippen molar-refractivity contribution in [2.75, 3.05) is 26.2 Å². The fraction of sp³-hybridized carbons (Fsp3) is 1.00. The average molecular weight is 252 g/mol. The quantitative estimate of drug-likeness (QED) is 0.808. The number of nitrogens with one attached hydrogen (secondary N) is 1. The average Bonchev–Trinajstić information content (AvgIpc) is 2.40. The van der Waals surface area contributed by atoms with Crippen molar-refractivity contribution in [3.8, 4) is 0 Å². The van der Waals surface area contributed by atoms with E-state index in [0.717, 1.165) is 17.9 Å². The Labute approximate surface area is 114 Å². The minimum atomic E-state index is 0.826. The molecule has 0 aromatic rings. The zero-order chi connectivity index (χ0) is 12.8. The molecule has 1 saturated carbocycles. The van der Waals surface area contributed by atoms with Gasteiger partial charge in [0.15, 0.2) is 0 Å². The van der Waals surface area contributed by atoms with Gasteiger partial charge in [0.1, 0.15) is 0 Å². The molecule has 0 bridgehead atoms. The van der Waals surface area contributed by atoms with E-state index in [1.165, 1.54) is 71.1 Å². The fourth-order valence-corrected chi connectivity index (χ4v) is 3.58. The molecular formula is C16H32N2. The van der Waals surface area contributed by atoms with Gasteiger partial charge in [0.2, 0.25) is 0 Å². The Hall–Kier alpha value is -0.0800. The normalized spacial score (nSPS) is 24.8. The molecule has 2 fully saturated rings. The first-order chi connectivity index (χ1) is 8.75. The van der Waals surface area contributed by atoms with E-state index < -0.39 is 0 Å². The lowest BCUT2D eigenvalue weighted by atomic mass is 9.87. The Bertz CT molecular complexity index is 213. The van der Waals surface area contributed by atoms with Gasteiger partial charge < -0.3 is 10.2 Å². The summed E-state index contributed by atoms with van der Waals surface area (Å²) in [6, 6.07) is 0.826. The Balaban J connectivity index is 1.55. The van der Waals surface area contributed by atoms with E-state index in [0.29, 0.717) is 0 Å². The van der Waals surface area contributed by atoms with Crippen LogP contribution in [0, 0.1) is 11.8 Å². The minimum absolute atomic E-state index is 0.826. The molecule has 18 heavy (non-hydrogen) atoms. The molecule has 0 aromatic heterocycles. The second-order valence-corrected chi connectivity index (χ2v) is 6.71. The highest BCUT2D eigenvalue weighted by atomic mass is 15.1. The molecule has 0 unspecified atom stereocenters. The molecule has 106 valence electrons. The molecule has 0 radical (unpaired) electrons. The second kappa shape index (κ2) is 7.49. The number of likely N-dealkylation sites (tertiary alicyclic amines) is 1. The summed E-state index contributed by atoms with van der Waals surface area (Å²) >= 11 is 0. The van der Waals surface area contributed by atoms with E-state index in [-0.39, 0.29) is 0 Å². The van der Waals surface area contributed by atoms with Crippen LogP contribution in [0.1, 0.15) is 58.8 Å². The van der Waals surface area contributed by atoms with Crippen molar-refractivity contribution in [3.63, 3.8) is 0 Å². The Morgan fingerprint density at radius 2 is 1.67 bits per heavy atom. The van der Waals surface area contributed by atoms with Gasteiger partial charge in [0.05, 0.1) is 0 Å². The summed E-state index contributed by atoms with van der Waals surface area (Å²) in [5.41, 5.74) is 0. The van der Waals surface area contributed by atoms with E-state index in [9.17, 15) is 0 Å². The van der Waals surface area contributed by atoms with Crippen molar-refractivity contribution in [1.82, 2.24) is 10.2 Å². The van der Waals surface area contributed by atoms with Crippen molar-refractivity contribution in [2.45, 2.75) is 64.8 Å². The molecule has 2 aliphatic rings. The van der Waals surface area contributed by atoms with Gasteiger partial charge in [-0.1, -0.05) is 33.1 Å².